The smallest absolute Gasteiger partial charge is 0.0352 e. The molecule has 0 aromatic heterocycles. The molecule has 8 rings (SSSR count). The van der Waals surface area contributed by atoms with Gasteiger partial charge in [0.1, 0.15) is 0 Å². The largest absolute Gasteiger partial charge is 0.0622 e. The molecule has 0 heteroatoms. The standard InChI is InChI=1S/C38H26/c1-2-8-25(9-3-1)26-14-16-27(17-15-26)28-18-20-29(21-19-28)37-33-12-6-7-13-34(33)38-35(37)23-22-32-31-11-5-4-10-30(31)24-36(32)38/h1-23,37H,24H2. The number of hydrogen-bond donors (Lipinski definition) is 0. The predicted octanol–water partition coefficient (Wildman–Crippen LogP) is 9.75. The molecule has 178 valence electrons. The van der Waals surface area contributed by atoms with Crippen LogP contribution in [0.5, 0.6) is 0 Å². The molecule has 2 aliphatic rings. The van der Waals surface area contributed by atoms with Crippen LogP contribution in [-0.4, -0.2) is 0 Å². The van der Waals surface area contributed by atoms with E-state index in [-0.39, 0.29) is 5.92 Å². The van der Waals surface area contributed by atoms with Crippen LogP contribution in [0.4, 0.5) is 0 Å². The monoisotopic (exact) mass is 482 g/mol. The quantitative estimate of drug-likeness (QED) is 0.235. The molecule has 0 fully saturated rings. The Hall–Kier alpha value is -4.68. The van der Waals surface area contributed by atoms with Crippen LogP contribution < -0.4 is 0 Å². The fourth-order valence-corrected chi connectivity index (χ4v) is 6.64. The van der Waals surface area contributed by atoms with E-state index in [4.69, 9.17) is 0 Å². The topological polar surface area (TPSA) is 0 Å². The van der Waals surface area contributed by atoms with Gasteiger partial charge in [0, 0.05) is 5.92 Å². The maximum atomic E-state index is 2.39. The zero-order valence-corrected chi connectivity index (χ0v) is 21.1. The normalized spacial score (nSPS) is 14.5. The first-order chi connectivity index (χ1) is 18.8. The van der Waals surface area contributed by atoms with Crippen molar-refractivity contribution in [1.29, 1.82) is 0 Å². The second-order valence-electron chi connectivity index (χ2n) is 10.5. The summed E-state index contributed by atoms with van der Waals surface area (Å²) in [7, 11) is 0. The first-order valence-corrected chi connectivity index (χ1v) is 13.4. The molecule has 0 nitrogen and oxygen atoms in total. The van der Waals surface area contributed by atoms with E-state index in [1.807, 2.05) is 0 Å². The second-order valence-corrected chi connectivity index (χ2v) is 10.5. The lowest BCUT2D eigenvalue weighted by molar-refractivity contribution is 1.01. The Balaban J connectivity index is 1.17. The Labute approximate surface area is 223 Å². The molecular weight excluding hydrogens is 456 g/mol. The molecule has 0 bridgehead atoms. The molecule has 2 aliphatic carbocycles. The highest BCUT2D eigenvalue weighted by Crippen LogP contribution is 2.53. The van der Waals surface area contributed by atoms with Gasteiger partial charge >= 0.3 is 0 Å². The summed E-state index contributed by atoms with van der Waals surface area (Å²) in [5.41, 5.74) is 17.8. The van der Waals surface area contributed by atoms with Crippen LogP contribution in [-0.2, 0) is 6.42 Å². The molecule has 0 heterocycles. The molecule has 0 N–H and O–H groups in total. The summed E-state index contributed by atoms with van der Waals surface area (Å²) in [5, 5.41) is 0. The lowest BCUT2D eigenvalue weighted by atomic mass is 9.87. The van der Waals surface area contributed by atoms with Gasteiger partial charge in [-0.1, -0.05) is 140 Å². The number of hydrogen-bond acceptors (Lipinski definition) is 0. The van der Waals surface area contributed by atoms with Gasteiger partial charge in [-0.25, -0.2) is 0 Å². The van der Waals surface area contributed by atoms with E-state index < -0.39 is 0 Å². The molecule has 1 atom stereocenters. The zero-order chi connectivity index (χ0) is 25.1. The van der Waals surface area contributed by atoms with E-state index in [1.54, 1.807) is 0 Å². The Morgan fingerprint density at radius 1 is 0.395 bits per heavy atom. The minimum absolute atomic E-state index is 0.268. The van der Waals surface area contributed by atoms with Crippen LogP contribution in [0.1, 0.15) is 33.7 Å². The number of rotatable bonds is 3. The average Bonchev–Trinajstić information content (AvgIpc) is 3.54. The summed E-state index contributed by atoms with van der Waals surface area (Å²) in [6.45, 7) is 0. The van der Waals surface area contributed by atoms with Gasteiger partial charge < -0.3 is 0 Å². The first-order valence-electron chi connectivity index (χ1n) is 13.4. The lowest BCUT2D eigenvalue weighted by Gasteiger charge is -2.16. The van der Waals surface area contributed by atoms with Gasteiger partial charge in [-0.15, -0.1) is 0 Å². The van der Waals surface area contributed by atoms with Crippen molar-refractivity contribution in [2.45, 2.75) is 12.3 Å². The highest BCUT2D eigenvalue weighted by molar-refractivity contribution is 5.91. The summed E-state index contributed by atoms with van der Waals surface area (Å²) in [6.07, 6.45) is 1.02. The van der Waals surface area contributed by atoms with E-state index in [1.165, 1.54) is 72.3 Å². The van der Waals surface area contributed by atoms with Crippen molar-refractivity contribution in [1.82, 2.24) is 0 Å². The third kappa shape index (κ3) is 3.24. The summed E-state index contributed by atoms with van der Waals surface area (Å²) >= 11 is 0. The number of fused-ring (bicyclic) bond motifs is 7. The Morgan fingerprint density at radius 2 is 0.974 bits per heavy atom. The summed E-state index contributed by atoms with van der Waals surface area (Å²) in [5.74, 6) is 0.268. The molecule has 0 spiro atoms. The van der Waals surface area contributed by atoms with Crippen molar-refractivity contribution in [2.24, 2.45) is 0 Å². The SMILES string of the molecule is c1ccc(-c2ccc(-c3ccc(C4c5ccccc5-c5c4ccc4c5Cc5ccccc5-4)cc3)cc2)cc1. The first kappa shape index (κ1) is 21.4. The predicted molar refractivity (Wildman–Crippen MR) is 158 cm³/mol. The minimum atomic E-state index is 0.268. The van der Waals surface area contributed by atoms with Crippen LogP contribution in [0.3, 0.4) is 0 Å². The van der Waals surface area contributed by atoms with Crippen LogP contribution in [0.2, 0.25) is 0 Å². The van der Waals surface area contributed by atoms with Crippen molar-refractivity contribution in [2.75, 3.05) is 0 Å². The van der Waals surface area contributed by atoms with E-state index in [0.717, 1.165) is 6.42 Å². The molecule has 6 aromatic carbocycles. The van der Waals surface area contributed by atoms with Crippen molar-refractivity contribution in [3.05, 3.63) is 167 Å². The minimum Gasteiger partial charge on any atom is -0.0622 e. The number of benzene rings is 6. The third-order valence-corrected chi connectivity index (χ3v) is 8.44. The zero-order valence-electron chi connectivity index (χ0n) is 21.1. The highest BCUT2D eigenvalue weighted by Gasteiger charge is 2.34. The fourth-order valence-electron chi connectivity index (χ4n) is 6.64. The van der Waals surface area contributed by atoms with Gasteiger partial charge in [-0.3, -0.25) is 0 Å². The van der Waals surface area contributed by atoms with Crippen molar-refractivity contribution < 1.29 is 0 Å². The Kier molecular flexibility index (Phi) is 4.75. The van der Waals surface area contributed by atoms with Crippen LogP contribution >= 0.6 is 0 Å². The molecule has 6 aromatic rings. The molecule has 0 aliphatic heterocycles. The molecule has 1 unspecified atom stereocenters. The maximum absolute atomic E-state index is 2.39. The molecule has 0 amide bonds. The Morgan fingerprint density at radius 3 is 1.71 bits per heavy atom. The molecule has 38 heavy (non-hydrogen) atoms. The average molecular weight is 483 g/mol. The summed E-state index contributed by atoms with van der Waals surface area (Å²) in [4.78, 5) is 0. The summed E-state index contributed by atoms with van der Waals surface area (Å²) < 4.78 is 0. The van der Waals surface area contributed by atoms with Crippen LogP contribution in [0.15, 0.2) is 140 Å². The lowest BCUT2D eigenvalue weighted by Crippen LogP contribution is -1.99. The van der Waals surface area contributed by atoms with Gasteiger partial charge in [-0.05, 0) is 78.7 Å². The molecule has 0 saturated heterocycles. The maximum Gasteiger partial charge on any atom is 0.0352 e. The van der Waals surface area contributed by atoms with Gasteiger partial charge in [-0.2, -0.15) is 0 Å². The molecule has 0 saturated carbocycles. The van der Waals surface area contributed by atoms with Gasteiger partial charge in [0.25, 0.3) is 0 Å². The fraction of sp³-hybridized carbons (Fsp3) is 0.0526. The van der Waals surface area contributed by atoms with Gasteiger partial charge in [0.15, 0.2) is 0 Å². The highest BCUT2D eigenvalue weighted by atomic mass is 14.4. The van der Waals surface area contributed by atoms with Crippen LogP contribution in [0, 0.1) is 0 Å². The van der Waals surface area contributed by atoms with E-state index in [0.29, 0.717) is 0 Å². The van der Waals surface area contributed by atoms with E-state index in [2.05, 4.69) is 140 Å². The van der Waals surface area contributed by atoms with Crippen molar-refractivity contribution in [3.63, 3.8) is 0 Å². The second kappa shape index (κ2) is 8.43. The summed E-state index contributed by atoms with van der Waals surface area (Å²) in [6, 6.07) is 51.4. The van der Waals surface area contributed by atoms with E-state index >= 15 is 0 Å². The van der Waals surface area contributed by atoms with Gasteiger partial charge in [0.05, 0.1) is 0 Å². The van der Waals surface area contributed by atoms with Gasteiger partial charge in [0.2, 0.25) is 0 Å². The van der Waals surface area contributed by atoms with E-state index in [9.17, 15) is 0 Å². The Bertz CT molecular complexity index is 1810. The van der Waals surface area contributed by atoms with Crippen LogP contribution in [0.25, 0.3) is 44.5 Å². The molecular formula is C38H26. The third-order valence-electron chi connectivity index (χ3n) is 8.44. The van der Waals surface area contributed by atoms with Crippen molar-refractivity contribution >= 4 is 0 Å². The van der Waals surface area contributed by atoms with Crippen molar-refractivity contribution in [3.8, 4) is 44.5 Å². The molecule has 0 radical (unpaired) electrons.